The molecule has 1 aliphatic heterocycles. The summed E-state index contributed by atoms with van der Waals surface area (Å²) in [7, 11) is 0. The van der Waals surface area contributed by atoms with Gasteiger partial charge >= 0.3 is 0 Å². The van der Waals surface area contributed by atoms with Crippen LogP contribution in [0.2, 0.25) is 0 Å². The fourth-order valence-corrected chi connectivity index (χ4v) is 2.98. The maximum absolute atomic E-state index is 6.03. The van der Waals surface area contributed by atoms with Gasteiger partial charge in [-0.15, -0.1) is 0 Å². The Hall–Kier alpha value is -1.02. The van der Waals surface area contributed by atoms with Crippen LogP contribution in [0.3, 0.4) is 0 Å². The average Bonchev–Trinajstić information content (AvgIpc) is 2.86. The van der Waals surface area contributed by atoms with Crippen LogP contribution in [-0.2, 0) is 12.8 Å². The van der Waals surface area contributed by atoms with Gasteiger partial charge in [0.2, 0.25) is 0 Å². The van der Waals surface area contributed by atoms with Gasteiger partial charge in [0.05, 0.1) is 0 Å². The molecule has 1 atom stereocenters. The van der Waals surface area contributed by atoms with Crippen LogP contribution in [0.25, 0.3) is 0 Å². The number of fused-ring (bicyclic) bond motifs is 1. The topological polar surface area (TPSA) is 21.3 Å². The molecule has 1 N–H and O–H groups in total. The van der Waals surface area contributed by atoms with Crippen molar-refractivity contribution in [3.63, 3.8) is 0 Å². The predicted octanol–water partition coefficient (Wildman–Crippen LogP) is 2.70. The van der Waals surface area contributed by atoms with Gasteiger partial charge in [0, 0.05) is 6.04 Å². The van der Waals surface area contributed by atoms with Crippen LogP contribution in [0.5, 0.6) is 5.75 Å². The zero-order chi connectivity index (χ0) is 11.5. The average molecular weight is 231 g/mol. The van der Waals surface area contributed by atoms with Gasteiger partial charge in [0.15, 0.2) is 0 Å². The van der Waals surface area contributed by atoms with Crippen molar-refractivity contribution in [1.29, 1.82) is 0 Å². The Bertz CT molecular complexity index is 383. The van der Waals surface area contributed by atoms with Gasteiger partial charge < -0.3 is 10.1 Å². The number of benzene rings is 1. The summed E-state index contributed by atoms with van der Waals surface area (Å²) in [6, 6.07) is 7.07. The Morgan fingerprint density at radius 1 is 1.18 bits per heavy atom. The van der Waals surface area contributed by atoms with Crippen LogP contribution in [0, 0.1) is 0 Å². The van der Waals surface area contributed by atoms with Crippen LogP contribution in [0.15, 0.2) is 18.2 Å². The summed E-state index contributed by atoms with van der Waals surface area (Å²) in [4.78, 5) is 0. The molecular formula is C15H21NO. The van der Waals surface area contributed by atoms with Crippen molar-refractivity contribution in [2.75, 3.05) is 13.2 Å². The number of hydrogen-bond donors (Lipinski definition) is 1. The van der Waals surface area contributed by atoms with Gasteiger partial charge in [-0.2, -0.15) is 0 Å². The lowest BCUT2D eigenvalue weighted by Gasteiger charge is -2.24. The highest BCUT2D eigenvalue weighted by atomic mass is 16.5. The molecular weight excluding hydrogens is 210 g/mol. The minimum absolute atomic E-state index is 0.556. The summed E-state index contributed by atoms with van der Waals surface area (Å²) >= 11 is 0. The molecule has 1 unspecified atom stereocenters. The molecule has 2 nitrogen and oxygen atoms in total. The number of rotatable bonds is 3. The molecule has 0 spiro atoms. The Morgan fingerprint density at radius 3 is 3.06 bits per heavy atom. The van der Waals surface area contributed by atoms with Gasteiger partial charge in [0.1, 0.15) is 12.4 Å². The Labute approximate surface area is 103 Å². The molecule has 1 aromatic carbocycles. The minimum atomic E-state index is 0.556. The highest BCUT2D eigenvalue weighted by Crippen LogP contribution is 2.30. The molecule has 1 aliphatic carbocycles. The molecule has 17 heavy (non-hydrogen) atoms. The third kappa shape index (κ3) is 2.47. The van der Waals surface area contributed by atoms with Crippen molar-refractivity contribution in [2.24, 2.45) is 0 Å². The lowest BCUT2D eigenvalue weighted by molar-refractivity contribution is 0.237. The maximum Gasteiger partial charge on any atom is 0.122 e. The Balaban J connectivity index is 1.63. The van der Waals surface area contributed by atoms with E-state index < -0.39 is 0 Å². The number of ether oxygens (including phenoxy) is 1. The lowest BCUT2D eigenvalue weighted by Crippen LogP contribution is -2.38. The lowest BCUT2D eigenvalue weighted by atomic mass is 10.1. The van der Waals surface area contributed by atoms with E-state index in [2.05, 4.69) is 23.5 Å². The normalized spacial score (nSPS) is 23.4. The van der Waals surface area contributed by atoms with Crippen LogP contribution < -0.4 is 10.1 Å². The smallest absolute Gasteiger partial charge is 0.122 e. The molecule has 2 aliphatic rings. The molecule has 0 amide bonds. The summed E-state index contributed by atoms with van der Waals surface area (Å²) < 4.78 is 6.03. The Kier molecular flexibility index (Phi) is 3.32. The van der Waals surface area contributed by atoms with Crippen molar-refractivity contribution in [2.45, 2.75) is 44.6 Å². The van der Waals surface area contributed by atoms with E-state index in [1.807, 2.05) is 0 Å². The summed E-state index contributed by atoms with van der Waals surface area (Å²) in [5.74, 6) is 1.13. The van der Waals surface area contributed by atoms with Crippen molar-refractivity contribution >= 4 is 0 Å². The second-order valence-electron chi connectivity index (χ2n) is 5.21. The fraction of sp³-hybridized carbons (Fsp3) is 0.600. The highest BCUT2D eigenvalue weighted by Gasteiger charge is 2.17. The minimum Gasteiger partial charge on any atom is -0.492 e. The standard InChI is InChI=1S/C15H21NO/c1-2-10-16-13(7-1)11-17-15-9-4-6-12-5-3-8-14(12)15/h4,6,9,13,16H,1-3,5,7-8,10-11H2. The van der Waals surface area contributed by atoms with Gasteiger partial charge in [-0.05, 0) is 55.8 Å². The number of piperidine rings is 1. The number of hydrogen-bond acceptors (Lipinski definition) is 2. The first-order valence-electron chi connectivity index (χ1n) is 6.90. The first-order valence-corrected chi connectivity index (χ1v) is 6.90. The summed E-state index contributed by atoms with van der Waals surface area (Å²) in [5, 5.41) is 3.53. The third-order valence-corrected chi connectivity index (χ3v) is 3.96. The predicted molar refractivity (Wildman–Crippen MR) is 69.6 cm³/mol. The van der Waals surface area contributed by atoms with Crippen LogP contribution in [0.1, 0.15) is 36.8 Å². The van der Waals surface area contributed by atoms with Crippen molar-refractivity contribution in [1.82, 2.24) is 5.32 Å². The second kappa shape index (κ2) is 5.09. The van der Waals surface area contributed by atoms with Crippen LogP contribution in [-0.4, -0.2) is 19.2 Å². The van der Waals surface area contributed by atoms with E-state index in [9.17, 15) is 0 Å². The van der Waals surface area contributed by atoms with E-state index in [0.29, 0.717) is 6.04 Å². The largest absolute Gasteiger partial charge is 0.492 e. The first kappa shape index (κ1) is 11.1. The van der Waals surface area contributed by atoms with E-state index in [1.54, 1.807) is 0 Å². The van der Waals surface area contributed by atoms with Gasteiger partial charge in [-0.3, -0.25) is 0 Å². The second-order valence-corrected chi connectivity index (χ2v) is 5.21. The molecule has 1 fully saturated rings. The van der Waals surface area contributed by atoms with Crippen molar-refractivity contribution < 1.29 is 4.74 Å². The molecule has 1 aromatic rings. The van der Waals surface area contributed by atoms with Crippen LogP contribution in [0.4, 0.5) is 0 Å². The molecule has 0 bridgehead atoms. The number of aryl methyl sites for hydroxylation is 1. The van der Waals surface area contributed by atoms with E-state index in [0.717, 1.165) is 18.9 Å². The summed E-state index contributed by atoms with van der Waals surface area (Å²) in [5.41, 5.74) is 2.96. The molecule has 92 valence electrons. The highest BCUT2D eigenvalue weighted by molar-refractivity contribution is 5.43. The summed E-state index contributed by atoms with van der Waals surface area (Å²) in [6.45, 7) is 1.98. The molecule has 1 heterocycles. The van der Waals surface area contributed by atoms with Gasteiger partial charge in [0.25, 0.3) is 0 Å². The van der Waals surface area contributed by atoms with Gasteiger partial charge in [-0.1, -0.05) is 18.6 Å². The Morgan fingerprint density at radius 2 is 2.18 bits per heavy atom. The zero-order valence-electron chi connectivity index (χ0n) is 10.4. The monoisotopic (exact) mass is 231 g/mol. The number of nitrogens with one attached hydrogen (secondary N) is 1. The molecule has 0 saturated carbocycles. The van der Waals surface area contributed by atoms with E-state index >= 15 is 0 Å². The van der Waals surface area contributed by atoms with Crippen LogP contribution >= 0.6 is 0 Å². The molecule has 2 heteroatoms. The SMILES string of the molecule is c1cc2c(c(OCC3CCCCN3)c1)CCC2. The maximum atomic E-state index is 6.03. The summed E-state index contributed by atoms with van der Waals surface area (Å²) in [6.07, 6.45) is 7.63. The van der Waals surface area contributed by atoms with Crippen molar-refractivity contribution in [3.8, 4) is 5.75 Å². The molecule has 3 rings (SSSR count). The van der Waals surface area contributed by atoms with Crippen molar-refractivity contribution in [3.05, 3.63) is 29.3 Å². The van der Waals surface area contributed by atoms with E-state index in [1.165, 1.54) is 49.7 Å². The first-order chi connectivity index (χ1) is 8.43. The van der Waals surface area contributed by atoms with E-state index in [4.69, 9.17) is 4.74 Å². The quantitative estimate of drug-likeness (QED) is 0.863. The molecule has 0 radical (unpaired) electrons. The van der Waals surface area contributed by atoms with Gasteiger partial charge in [-0.25, -0.2) is 0 Å². The van der Waals surface area contributed by atoms with E-state index in [-0.39, 0.29) is 0 Å². The fourth-order valence-electron chi connectivity index (χ4n) is 2.98. The molecule has 0 aromatic heterocycles. The zero-order valence-corrected chi connectivity index (χ0v) is 10.4. The third-order valence-electron chi connectivity index (χ3n) is 3.96. The molecule has 1 saturated heterocycles.